The molecular formula is C12H22O6. The Balaban J connectivity index is -0.000000233. The summed E-state index contributed by atoms with van der Waals surface area (Å²) in [7, 11) is 1.22. The van der Waals surface area contributed by atoms with Crippen molar-refractivity contribution in [2.75, 3.05) is 13.7 Å². The minimum absolute atomic E-state index is 0. The fourth-order valence-corrected chi connectivity index (χ4v) is 0.849. The van der Waals surface area contributed by atoms with Crippen LogP contribution >= 0.6 is 0 Å². The molecule has 0 N–H and O–H groups in total. The van der Waals surface area contributed by atoms with E-state index in [9.17, 15) is 14.4 Å². The molecule has 0 spiro atoms. The molecule has 0 saturated heterocycles. The fraction of sp³-hybridized carbons (Fsp3) is 0.583. The van der Waals surface area contributed by atoms with Gasteiger partial charge in [0.25, 0.3) is 0 Å². The first kappa shape index (κ1) is 18.3. The third-order valence-corrected chi connectivity index (χ3v) is 1.43. The van der Waals surface area contributed by atoms with E-state index in [4.69, 9.17) is 4.74 Å². The molecule has 0 heterocycles. The summed E-state index contributed by atoms with van der Waals surface area (Å²) < 4.78 is 13.8. The zero-order chi connectivity index (χ0) is 14.6. The normalized spacial score (nSPS) is 9.94. The monoisotopic (exact) mass is 262 g/mol. The molecule has 1 atom stereocenters. The summed E-state index contributed by atoms with van der Waals surface area (Å²) in [6, 6.07) is 0. The number of terminal acetylenes is 1. The van der Waals surface area contributed by atoms with E-state index in [1.54, 1.807) is 6.92 Å². The van der Waals surface area contributed by atoms with Gasteiger partial charge in [0.05, 0.1) is 13.5 Å². The topological polar surface area (TPSA) is 78.9 Å². The zero-order valence-corrected chi connectivity index (χ0v) is 11.0. The summed E-state index contributed by atoms with van der Waals surface area (Å²) >= 11 is 0. The number of hydrogen-bond acceptors (Lipinski definition) is 6. The standard InChI is InChI=1S/C9H14O6.C3H4.2H2/c1-6(10)14-5-8(15-7(2)11)4-9(12)13-3;1-3-2;;/h8H,4-5H2,1-3H3;1H,2H3;2*1H. The first-order chi connectivity index (χ1) is 8.37. The Morgan fingerprint density at radius 3 is 2.11 bits per heavy atom. The third kappa shape index (κ3) is 14.0. The van der Waals surface area contributed by atoms with E-state index in [-0.39, 0.29) is 15.9 Å². The molecule has 0 bridgehead atoms. The van der Waals surface area contributed by atoms with Crippen LogP contribution < -0.4 is 0 Å². The molecule has 6 heteroatoms. The van der Waals surface area contributed by atoms with Gasteiger partial charge in [0.15, 0.2) is 0 Å². The van der Waals surface area contributed by atoms with E-state index in [2.05, 4.69) is 21.8 Å². The summed E-state index contributed by atoms with van der Waals surface area (Å²) in [5.74, 6) is 0.668. The van der Waals surface area contributed by atoms with Crippen molar-refractivity contribution in [2.45, 2.75) is 33.3 Å². The number of esters is 3. The highest BCUT2D eigenvalue weighted by molar-refractivity contribution is 5.71. The Kier molecular flexibility index (Phi) is 11.7. The Morgan fingerprint density at radius 1 is 1.28 bits per heavy atom. The van der Waals surface area contributed by atoms with Gasteiger partial charge in [0.1, 0.15) is 12.7 Å². The van der Waals surface area contributed by atoms with Crippen LogP contribution in [0.1, 0.15) is 30.0 Å². The van der Waals surface area contributed by atoms with Gasteiger partial charge in [-0.3, -0.25) is 14.4 Å². The molecule has 0 radical (unpaired) electrons. The first-order valence-electron chi connectivity index (χ1n) is 5.12. The molecule has 1 unspecified atom stereocenters. The molecule has 0 aliphatic carbocycles. The molecule has 0 saturated carbocycles. The Morgan fingerprint density at radius 2 is 1.78 bits per heavy atom. The highest BCUT2D eigenvalue weighted by atomic mass is 16.6. The second kappa shape index (κ2) is 11.5. The van der Waals surface area contributed by atoms with E-state index in [1.165, 1.54) is 21.0 Å². The van der Waals surface area contributed by atoms with Gasteiger partial charge in [-0.05, 0) is 6.92 Å². The van der Waals surface area contributed by atoms with Crippen molar-refractivity contribution >= 4 is 17.9 Å². The van der Waals surface area contributed by atoms with Gasteiger partial charge in [-0.25, -0.2) is 0 Å². The Labute approximate surface area is 110 Å². The smallest absolute Gasteiger partial charge is 0.309 e. The third-order valence-electron chi connectivity index (χ3n) is 1.43. The maximum absolute atomic E-state index is 10.9. The lowest BCUT2D eigenvalue weighted by molar-refractivity contribution is -0.160. The van der Waals surface area contributed by atoms with E-state index < -0.39 is 24.0 Å². The highest BCUT2D eigenvalue weighted by Crippen LogP contribution is 2.02. The van der Waals surface area contributed by atoms with Crippen LogP contribution in [0, 0.1) is 12.3 Å². The molecule has 0 aromatic heterocycles. The molecule has 106 valence electrons. The molecule has 0 aromatic rings. The van der Waals surface area contributed by atoms with Crippen LogP contribution in [0.2, 0.25) is 0 Å². The second-order valence-corrected chi connectivity index (χ2v) is 3.10. The molecule has 6 nitrogen and oxygen atoms in total. The number of methoxy groups -OCH3 is 1. The van der Waals surface area contributed by atoms with Crippen LogP contribution in [0.25, 0.3) is 0 Å². The van der Waals surface area contributed by atoms with Crippen LogP contribution in [-0.2, 0) is 28.6 Å². The second-order valence-electron chi connectivity index (χ2n) is 3.10. The average Bonchev–Trinajstić information content (AvgIpc) is 2.26. The first-order valence-corrected chi connectivity index (χ1v) is 5.12. The SMILES string of the molecule is C#CC.COC(=O)CC(COC(C)=O)OC(C)=O.[HH].[HH]. The summed E-state index contributed by atoms with van der Waals surface area (Å²) in [6.07, 6.45) is 3.67. The zero-order valence-electron chi connectivity index (χ0n) is 11.0. The van der Waals surface area contributed by atoms with Crippen LogP contribution in [0.5, 0.6) is 0 Å². The molecule has 0 fully saturated rings. The number of carbonyl (C=O) groups is 3. The molecule has 0 aliphatic rings. The van der Waals surface area contributed by atoms with Gasteiger partial charge in [-0.15, -0.1) is 12.3 Å². The predicted octanol–water partition coefficient (Wildman–Crippen LogP) is 1.18. The van der Waals surface area contributed by atoms with Gasteiger partial charge in [-0.2, -0.15) is 0 Å². The average molecular weight is 262 g/mol. The summed E-state index contributed by atoms with van der Waals surface area (Å²) in [4.78, 5) is 32.1. The Hall–Kier alpha value is -2.03. The minimum atomic E-state index is -0.793. The van der Waals surface area contributed by atoms with E-state index in [0.717, 1.165) is 0 Å². The maximum Gasteiger partial charge on any atom is 0.309 e. The number of ether oxygens (including phenoxy) is 3. The minimum Gasteiger partial charge on any atom is -0.469 e. The van der Waals surface area contributed by atoms with Crippen molar-refractivity contribution in [2.24, 2.45) is 0 Å². The van der Waals surface area contributed by atoms with Crippen molar-refractivity contribution in [1.29, 1.82) is 0 Å². The van der Waals surface area contributed by atoms with Crippen molar-refractivity contribution in [3.05, 3.63) is 0 Å². The Bertz CT molecular complexity index is 324. The van der Waals surface area contributed by atoms with Crippen LogP contribution in [-0.4, -0.2) is 37.7 Å². The van der Waals surface area contributed by atoms with Gasteiger partial charge < -0.3 is 14.2 Å². The lowest BCUT2D eigenvalue weighted by Gasteiger charge is -2.15. The summed E-state index contributed by atoms with van der Waals surface area (Å²) in [6.45, 7) is 3.94. The molecule has 0 amide bonds. The van der Waals surface area contributed by atoms with Crippen LogP contribution in [0.3, 0.4) is 0 Å². The van der Waals surface area contributed by atoms with Gasteiger partial charge in [0, 0.05) is 16.7 Å². The van der Waals surface area contributed by atoms with Crippen molar-refractivity contribution in [3.63, 3.8) is 0 Å². The quantitative estimate of drug-likeness (QED) is 0.420. The van der Waals surface area contributed by atoms with Crippen LogP contribution in [0.15, 0.2) is 0 Å². The lowest BCUT2D eigenvalue weighted by Crippen LogP contribution is -2.27. The summed E-state index contributed by atoms with van der Waals surface area (Å²) in [5, 5.41) is 0. The van der Waals surface area contributed by atoms with Crippen LogP contribution in [0.4, 0.5) is 0 Å². The molecule has 0 aliphatic heterocycles. The fourth-order valence-electron chi connectivity index (χ4n) is 0.849. The maximum atomic E-state index is 10.9. The predicted molar refractivity (Wildman–Crippen MR) is 67.6 cm³/mol. The van der Waals surface area contributed by atoms with Crippen molar-refractivity contribution in [3.8, 4) is 12.3 Å². The highest BCUT2D eigenvalue weighted by Gasteiger charge is 2.18. The number of hydrogen-bond donors (Lipinski definition) is 0. The largest absolute Gasteiger partial charge is 0.469 e. The van der Waals surface area contributed by atoms with Gasteiger partial charge in [0.2, 0.25) is 0 Å². The van der Waals surface area contributed by atoms with E-state index in [0.29, 0.717) is 0 Å². The van der Waals surface area contributed by atoms with Gasteiger partial charge >= 0.3 is 17.9 Å². The van der Waals surface area contributed by atoms with E-state index >= 15 is 0 Å². The summed E-state index contributed by atoms with van der Waals surface area (Å²) in [5.41, 5.74) is 0. The van der Waals surface area contributed by atoms with Gasteiger partial charge in [-0.1, -0.05) is 0 Å². The van der Waals surface area contributed by atoms with Crippen molar-refractivity contribution in [1.82, 2.24) is 0 Å². The van der Waals surface area contributed by atoms with Crippen molar-refractivity contribution < 1.29 is 31.4 Å². The number of rotatable bonds is 5. The molecule has 0 aromatic carbocycles. The number of carbonyl (C=O) groups excluding carboxylic acids is 3. The lowest BCUT2D eigenvalue weighted by atomic mass is 10.2. The molecule has 0 rings (SSSR count). The van der Waals surface area contributed by atoms with E-state index in [1.807, 2.05) is 0 Å². The molecular weight excluding hydrogens is 240 g/mol. The molecule has 18 heavy (non-hydrogen) atoms.